The summed E-state index contributed by atoms with van der Waals surface area (Å²) >= 11 is 1.30. The monoisotopic (exact) mass is 323 g/mol. The number of carboxylic acids is 1. The van der Waals surface area contributed by atoms with E-state index in [9.17, 15) is 9.59 Å². The minimum atomic E-state index is -0.872. The summed E-state index contributed by atoms with van der Waals surface area (Å²) < 4.78 is 0. The predicted molar refractivity (Wildman–Crippen MR) is 83.8 cm³/mol. The fraction of sp³-hybridized carbons (Fsp3) is 0.600. The number of aromatic nitrogens is 2. The van der Waals surface area contributed by atoms with Gasteiger partial charge in [-0.25, -0.2) is 9.97 Å². The number of aryl methyl sites for hydroxylation is 2. The number of carbonyl (C=O) groups excluding carboxylic acids is 1. The number of aliphatic carboxylic acids is 1. The molecule has 1 N–H and O–H groups in total. The van der Waals surface area contributed by atoms with Crippen LogP contribution in [0.5, 0.6) is 0 Å². The van der Waals surface area contributed by atoms with E-state index < -0.39 is 11.9 Å². The summed E-state index contributed by atoms with van der Waals surface area (Å²) in [5.74, 6) is -1.22. The maximum absolute atomic E-state index is 12.4. The Labute approximate surface area is 134 Å². The van der Waals surface area contributed by atoms with Gasteiger partial charge in [0, 0.05) is 24.0 Å². The van der Waals surface area contributed by atoms with Crippen LogP contribution in [0.2, 0.25) is 0 Å². The zero-order valence-electron chi connectivity index (χ0n) is 13.1. The first-order valence-corrected chi connectivity index (χ1v) is 8.32. The fourth-order valence-corrected chi connectivity index (χ4v) is 3.02. The van der Waals surface area contributed by atoms with Gasteiger partial charge in [0.25, 0.3) is 0 Å². The fourth-order valence-electron chi connectivity index (χ4n) is 2.18. The average molecular weight is 323 g/mol. The number of hydrogen-bond acceptors (Lipinski definition) is 5. The summed E-state index contributed by atoms with van der Waals surface area (Å²) in [6, 6.07) is 2.09. The molecule has 1 aliphatic rings. The number of nitrogens with zero attached hydrogens (tertiary/aromatic N) is 3. The Morgan fingerprint density at radius 3 is 2.45 bits per heavy atom. The minimum Gasteiger partial charge on any atom is -0.481 e. The molecule has 0 bridgehead atoms. The molecule has 1 atom stereocenters. The van der Waals surface area contributed by atoms with Gasteiger partial charge < -0.3 is 10.0 Å². The molecule has 1 saturated carbocycles. The first kappa shape index (κ1) is 16.7. The third-order valence-electron chi connectivity index (χ3n) is 3.49. The number of carboxylic acid groups (broad SMARTS) is 1. The van der Waals surface area contributed by atoms with Gasteiger partial charge in [0.2, 0.25) is 5.91 Å². The van der Waals surface area contributed by atoms with Crippen LogP contribution in [0.3, 0.4) is 0 Å². The van der Waals surface area contributed by atoms with Gasteiger partial charge in [0.15, 0.2) is 5.16 Å². The van der Waals surface area contributed by atoms with Crippen molar-refractivity contribution < 1.29 is 14.7 Å². The van der Waals surface area contributed by atoms with Gasteiger partial charge in [-0.05, 0) is 32.8 Å². The van der Waals surface area contributed by atoms with E-state index in [2.05, 4.69) is 9.97 Å². The largest absolute Gasteiger partial charge is 0.481 e. The van der Waals surface area contributed by atoms with E-state index >= 15 is 0 Å². The maximum Gasteiger partial charge on any atom is 0.308 e. The molecule has 1 aromatic rings. The lowest BCUT2D eigenvalue weighted by atomic mass is 10.1. The Morgan fingerprint density at radius 1 is 1.36 bits per heavy atom. The lowest BCUT2D eigenvalue weighted by Crippen LogP contribution is -2.39. The van der Waals surface area contributed by atoms with Crippen LogP contribution in [0.1, 0.15) is 31.2 Å². The van der Waals surface area contributed by atoms with Crippen LogP contribution in [-0.4, -0.2) is 50.2 Å². The Hall–Kier alpha value is -1.63. The Bertz CT molecular complexity index is 555. The molecule has 0 saturated heterocycles. The Kier molecular flexibility index (Phi) is 5.39. The Morgan fingerprint density at radius 2 is 1.95 bits per heavy atom. The summed E-state index contributed by atoms with van der Waals surface area (Å²) in [5, 5.41) is 9.61. The molecule has 7 heteroatoms. The molecule has 1 unspecified atom stereocenters. The Balaban J connectivity index is 1.95. The third kappa shape index (κ3) is 4.69. The standard InChI is InChI=1S/C15H21N3O3S/c1-9(14(20)21)7-18(12-4-5-12)13(19)8-22-15-16-10(2)6-11(3)17-15/h6,9,12H,4-5,7-8H2,1-3H3,(H,20,21). The van der Waals surface area contributed by atoms with Crippen LogP contribution in [0.15, 0.2) is 11.2 Å². The summed E-state index contributed by atoms with van der Waals surface area (Å²) in [6.07, 6.45) is 1.92. The van der Waals surface area contributed by atoms with E-state index in [0.29, 0.717) is 5.16 Å². The van der Waals surface area contributed by atoms with Crippen LogP contribution in [0, 0.1) is 19.8 Å². The van der Waals surface area contributed by atoms with Crippen molar-refractivity contribution in [1.82, 2.24) is 14.9 Å². The summed E-state index contributed by atoms with van der Waals surface area (Å²) in [6.45, 7) is 5.69. The lowest BCUT2D eigenvalue weighted by Gasteiger charge is -2.24. The number of carbonyl (C=O) groups is 2. The van der Waals surface area contributed by atoms with Crippen molar-refractivity contribution in [2.24, 2.45) is 5.92 Å². The quantitative estimate of drug-likeness (QED) is 0.609. The molecular weight excluding hydrogens is 302 g/mol. The summed E-state index contributed by atoms with van der Waals surface area (Å²) in [7, 11) is 0. The highest BCUT2D eigenvalue weighted by molar-refractivity contribution is 7.99. The van der Waals surface area contributed by atoms with E-state index in [1.54, 1.807) is 11.8 Å². The molecule has 1 fully saturated rings. The van der Waals surface area contributed by atoms with Crippen molar-refractivity contribution in [1.29, 1.82) is 0 Å². The predicted octanol–water partition coefficient (Wildman–Crippen LogP) is 1.90. The van der Waals surface area contributed by atoms with E-state index in [0.717, 1.165) is 24.2 Å². The highest BCUT2D eigenvalue weighted by atomic mass is 32.2. The van der Waals surface area contributed by atoms with Gasteiger partial charge in [0.1, 0.15) is 0 Å². The first-order valence-electron chi connectivity index (χ1n) is 7.34. The zero-order valence-corrected chi connectivity index (χ0v) is 13.9. The van der Waals surface area contributed by atoms with Gasteiger partial charge >= 0.3 is 5.97 Å². The third-order valence-corrected chi connectivity index (χ3v) is 4.32. The number of rotatable bonds is 7. The SMILES string of the molecule is Cc1cc(C)nc(SCC(=O)N(CC(C)C(=O)O)C2CC2)n1. The molecular formula is C15H21N3O3S. The molecule has 0 spiro atoms. The van der Waals surface area contributed by atoms with Crippen molar-refractivity contribution in [3.63, 3.8) is 0 Å². The second-order valence-corrected chi connectivity index (χ2v) is 6.68. The van der Waals surface area contributed by atoms with Crippen molar-refractivity contribution in [2.45, 2.75) is 44.8 Å². The van der Waals surface area contributed by atoms with E-state index in [1.807, 2.05) is 19.9 Å². The van der Waals surface area contributed by atoms with Crippen molar-refractivity contribution in [2.75, 3.05) is 12.3 Å². The van der Waals surface area contributed by atoms with E-state index in [1.165, 1.54) is 11.8 Å². The van der Waals surface area contributed by atoms with Crippen LogP contribution in [-0.2, 0) is 9.59 Å². The van der Waals surface area contributed by atoms with Crippen LogP contribution in [0.4, 0.5) is 0 Å². The van der Waals surface area contributed by atoms with E-state index in [-0.39, 0.29) is 24.2 Å². The first-order chi connectivity index (χ1) is 10.4. The molecule has 6 nitrogen and oxygen atoms in total. The molecule has 1 amide bonds. The topological polar surface area (TPSA) is 83.4 Å². The molecule has 22 heavy (non-hydrogen) atoms. The molecule has 0 aliphatic heterocycles. The van der Waals surface area contributed by atoms with E-state index in [4.69, 9.17) is 5.11 Å². The van der Waals surface area contributed by atoms with Gasteiger partial charge in [-0.2, -0.15) is 0 Å². The molecule has 2 rings (SSSR count). The molecule has 1 heterocycles. The zero-order chi connectivity index (χ0) is 16.3. The normalized spacial score (nSPS) is 15.4. The smallest absolute Gasteiger partial charge is 0.308 e. The lowest BCUT2D eigenvalue weighted by molar-refractivity contribution is -0.142. The van der Waals surface area contributed by atoms with Crippen LogP contribution in [0.25, 0.3) is 0 Å². The molecule has 0 radical (unpaired) electrons. The summed E-state index contributed by atoms with van der Waals surface area (Å²) in [5.41, 5.74) is 1.75. The highest BCUT2D eigenvalue weighted by Crippen LogP contribution is 2.28. The number of thioether (sulfide) groups is 1. The molecule has 1 aliphatic carbocycles. The molecule has 120 valence electrons. The van der Waals surface area contributed by atoms with Crippen LogP contribution < -0.4 is 0 Å². The van der Waals surface area contributed by atoms with Crippen LogP contribution >= 0.6 is 11.8 Å². The van der Waals surface area contributed by atoms with Crippen molar-refractivity contribution in [3.8, 4) is 0 Å². The highest BCUT2D eigenvalue weighted by Gasteiger charge is 2.34. The van der Waals surface area contributed by atoms with Crippen molar-refractivity contribution in [3.05, 3.63) is 17.5 Å². The minimum absolute atomic E-state index is 0.0386. The summed E-state index contributed by atoms with van der Waals surface area (Å²) in [4.78, 5) is 33.7. The van der Waals surface area contributed by atoms with Gasteiger partial charge in [-0.15, -0.1) is 0 Å². The number of hydrogen-bond donors (Lipinski definition) is 1. The van der Waals surface area contributed by atoms with Gasteiger partial charge in [-0.3, -0.25) is 9.59 Å². The molecule has 0 aromatic carbocycles. The second-order valence-electron chi connectivity index (χ2n) is 5.74. The van der Waals surface area contributed by atoms with Gasteiger partial charge in [0.05, 0.1) is 11.7 Å². The maximum atomic E-state index is 12.4. The van der Waals surface area contributed by atoms with Gasteiger partial charge in [-0.1, -0.05) is 18.7 Å². The molecule has 1 aromatic heterocycles. The average Bonchev–Trinajstić information content (AvgIpc) is 3.25. The number of amides is 1. The second kappa shape index (κ2) is 7.09. The van der Waals surface area contributed by atoms with Crippen molar-refractivity contribution >= 4 is 23.6 Å².